The Morgan fingerprint density at radius 1 is 0.852 bits per heavy atom. The van der Waals surface area contributed by atoms with E-state index in [2.05, 4.69) is 15.9 Å². The first-order valence-electron chi connectivity index (χ1n) is 8.66. The monoisotopic (exact) mass is 423 g/mol. The van der Waals surface area contributed by atoms with Gasteiger partial charge in [0.05, 0.1) is 0 Å². The summed E-state index contributed by atoms with van der Waals surface area (Å²) in [6, 6.07) is 23.2. The van der Waals surface area contributed by atoms with Gasteiger partial charge in [-0.25, -0.2) is 0 Å². The Balaban J connectivity index is 1.61. The Morgan fingerprint density at radius 2 is 1.56 bits per heavy atom. The third-order valence-electron chi connectivity index (χ3n) is 4.41. The number of carbonyl (C=O) groups is 1. The summed E-state index contributed by atoms with van der Waals surface area (Å²) in [6.07, 6.45) is 0. The molecule has 4 rings (SSSR count). The quantitative estimate of drug-likeness (QED) is 0.578. The van der Waals surface area contributed by atoms with Crippen molar-refractivity contribution in [1.82, 2.24) is 4.90 Å². The van der Waals surface area contributed by atoms with Gasteiger partial charge in [-0.05, 0) is 47.5 Å². The van der Waals surface area contributed by atoms with E-state index in [1.807, 2.05) is 77.7 Å². The second-order valence-electron chi connectivity index (χ2n) is 6.34. The zero-order valence-corrected chi connectivity index (χ0v) is 16.2. The van der Waals surface area contributed by atoms with E-state index in [-0.39, 0.29) is 12.7 Å². The molecule has 0 bridgehead atoms. The summed E-state index contributed by atoms with van der Waals surface area (Å²) in [4.78, 5) is 15.0. The normalized spacial score (nSPS) is 12.0. The lowest BCUT2D eigenvalue weighted by Gasteiger charge is -2.23. The lowest BCUT2D eigenvalue weighted by atomic mass is 10.1. The average Bonchev–Trinajstić information content (AvgIpc) is 3.16. The first kappa shape index (κ1) is 17.6. The Bertz CT molecular complexity index is 942. The zero-order chi connectivity index (χ0) is 18.6. The molecule has 0 aromatic heterocycles. The summed E-state index contributed by atoms with van der Waals surface area (Å²) in [5.41, 5.74) is 2.75. The minimum absolute atomic E-state index is 0.0102. The summed E-state index contributed by atoms with van der Waals surface area (Å²) in [5, 5.41) is 0. The highest BCUT2D eigenvalue weighted by atomic mass is 79.9. The number of amides is 1. The number of hydrogen-bond donors (Lipinski definition) is 0. The standard InChI is InChI=1S/C22H18BrNO3/c23-19-9-7-18(8-10-19)22(25)24(13-16-4-2-1-3-5-16)14-17-6-11-20-21(12-17)27-15-26-20/h1-12H,13-15H2. The summed E-state index contributed by atoms with van der Waals surface area (Å²) in [7, 11) is 0. The predicted molar refractivity (Wildman–Crippen MR) is 107 cm³/mol. The van der Waals surface area contributed by atoms with Crippen LogP contribution in [0.5, 0.6) is 11.5 Å². The fourth-order valence-electron chi connectivity index (χ4n) is 3.04. The first-order valence-corrected chi connectivity index (χ1v) is 9.45. The van der Waals surface area contributed by atoms with E-state index in [1.165, 1.54) is 0 Å². The molecule has 0 aliphatic carbocycles. The number of carbonyl (C=O) groups excluding carboxylic acids is 1. The minimum Gasteiger partial charge on any atom is -0.454 e. The van der Waals surface area contributed by atoms with E-state index >= 15 is 0 Å². The molecule has 0 saturated heterocycles. The Labute approximate surface area is 166 Å². The zero-order valence-electron chi connectivity index (χ0n) is 14.6. The van der Waals surface area contributed by atoms with Crippen molar-refractivity contribution in [3.63, 3.8) is 0 Å². The molecule has 0 radical (unpaired) electrons. The number of hydrogen-bond acceptors (Lipinski definition) is 3. The number of halogens is 1. The van der Waals surface area contributed by atoms with Crippen LogP contribution in [0, 0.1) is 0 Å². The van der Waals surface area contributed by atoms with Crippen LogP contribution in [0.1, 0.15) is 21.5 Å². The topological polar surface area (TPSA) is 38.8 Å². The van der Waals surface area contributed by atoms with Crippen LogP contribution in [0.15, 0.2) is 77.3 Å². The SMILES string of the molecule is O=C(c1ccc(Br)cc1)N(Cc1ccccc1)Cc1ccc2c(c1)OCO2. The Hall–Kier alpha value is -2.79. The number of nitrogens with zero attached hydrogens (tertiary/aromatic N) is 1. The molecule has 1 aliphatic heterocycles. The molecule has 27 heavy (non-hydrogen) atoms. The molecule has 0 atom stereocenters. The summed E-state index contributed by atoms with van der Waals surface area (Å²) >= 11 is 3.42. The second-order valence-corrected chi connectivity index (χ2v) is 7.26. The van der Waals surface area contributed by atoms with Crippen LogP contribution in [0.2, 0.25) is 0 Å². The molecule has 0 N–H and O–H groups in total. The van der Waals surface area contributed by atoms with Gasteiger partial charge >= 0.3 is 0 Å². The van der Waals surface area contributed by atoms with Crippen LogP contribution in [0.3, 0.4) is 0 Å². The molecular weight excluding hydrogens is 406 g/mol. The number of benzene rings is 3. The van der Waals surface area contributed by atoms with E-state index in [9.17, 15) is 4.79 Å². The largest absolute Gasteiger partial charge is 0.454 e. The maximum atomic E-state index is 13.2. The van der Waals surface area contributed by atoms with Crippen LogP contribution < -0.4 is 9.47 Å². The van der Waals surface area contributed by atoms with Crippen molar-refractivity contribution < 1.29 is 14.3 Å². The van der Waals surface area contributed by atoms with E-state index < -0.39 is 0 Å². The van der Waals surface area contributed by atoms with E-state index in [1.54, 1.807) is 0 Å². The molecule has 1 amide bonds. The van der Waals surface area contributed by atoms with Crippen molar-refractivity contribution in [2.75, 3.05) is 6.79 Å². The second kappa shape index (κ2) is 7.84. The lowest BCUT2D eigenvalue weighted by Crippen LogP contribution is -2.30. The molecule has 0 saturated carbocycles. The van der Waals surface area contributed by atoms with Gasteiger partial charge in [0.2, 0.25) is 6.79 Å². The van der Waals surface area contributed by atoms with E-state index in [4.69, 9.17) is 9.47 Å². The smallest absolute Gasteiger partial charge is 0.254 e. The van der Waals surface area contributed by atoms with Crippen molar-refractivity contribution in [1.29, 1.82) is 0 Å². The molecule has 0 spiro atoms. The molecule has 3 aromatic carbocycles. The van der Waals surface area contributed by atoms with E-state index in [0.717, 1.165) is 27.1 Å². The van der Waals surface area contributed by atoms with Gasteiger partial charge < -0.3 is 14.4 Å². The van der Waals surface area contributed by atoms with Gasteiger partial charge in [0.1, 0.15) is 0 Å². The van der Waals surface area contributed by atoms with Crippen LogP contribution >= 0.6 is 15.9 Å². The first-order chi connectivity index (χ1) is 13.2. The number of fused-ring (bicyclic) bond motifs is 1. The van der Waals surface area contributed by atoms with Crippen molar-refractivity contribution in [3.05, 3.63) is 94.0 Å². The maximum absolute atomic E-state index is 13.2. The third kappa shape index (κ3) is 4.14. The van der Waals surface area contributed by atoms with Gasteiger partial charge in [-0.15, -0.1) is 0 Å². The minimum atomic E-state index is -0.0102. The van der Waals surface area contributed by atoms with E-state index in [0.29, 0.717) is 18.7 Å². The fourth-order valence-corrected chi connectivity index (χ4v) is 3.30. The summed E-state index contributed by atoms with van der Waals surface area (Å²) < 4.78 is 11.8. The molecule has 136 valence electrons. The average molecular weight is 424 g/mol. The van der Waals surface area contributed by atoms with Crippen molar-refractivity contribution in [2.45, 2.75) is 13.1 Å². The van der Waals surface area contributed by atoms with Crippen LogP contribution in [-0.4, -0.2) is 17.6 Å². The van der Waals surface area contributed by atoms with Gasteiger partial charge in [-0.1, -0.05) is 52.3 Å². The summed E-state index contributed by atoms with van der Waals surface area (Å²) in [6.45, 7) is 1.26. The fraction of sp³-hybridized carbons (Fsp3) is 0.136. The molecule has 5 heteroatoms. The molecule has 4 nitrogen and oxygen atoms in total. The number of rotatable bonds is 5. The number of ether oxygens (including phenoxy) is 2. The predicted octanol–water partition coefficient (Wildman–Crippen LogP) is 5.02. The van der Waals surface area contributed by atoms with Crippen LogP contribution in [0.25, 0.3) is 0 Å². The molecular formula is C22H18BrNO3. The van der Waals surface area contributed by atoms with Gasteiger partial charge in [-0.3, -0.25) is 4.79 Å². The van der Waals surface area contributed by atoms with Gasteiger partial charge in [-0.2, -0.15) is 0 Å². The highest BCUT2D eigenvalue weighted by Gasteiger charge is 2.19. The van der Waals surface area contributed by atoms with Gasteiger partial charge in [0.25, 0.3) is 5.91 Å². The van der Waals surface area contributed by atoms with Gasteiger partial charge in [0, 0.05) is 23.1 Å². The Kier molecular flexibility index (Phi) is 5.12. The third-order valence-corrected chi connectivity index (χ3v) is 4.93. The summed E-state index contributed by atoms with van der Waals surface area (Å²) in [5.74, 6) is 1.46. The molecule has 1 heterocycles. The molecule has 1 aliphatic rings. The van der Waals surface area contributed by atoms with Crippen LogP contribution in [0.4, 0.5) is 0 Å². The maximum Gasteiger partial charge on any atom is 0.254 e. The lowest BCUT2D eigenvalue weighted by molar-refractivity contribution is 0.0730. The molecule has 0 unspecified atom stereocenters. The van der Waals surface area contributed by atoms with Crippen molar-refractivity contribution >= 4 is 21.8 Å². The van der Waals surface area contributed by atoms with Crippen molar-refractivity contribution in [3.8, 4) is 11.5 Å². The highest BCUT2D eigenvalue weighted by molar-refractivity contribution is 9.10. The Morgan fingerprint density at radius 3 is 2.33 bits per heavy atom. The van der Waals surface area contributed by atoms with Crippen molar-refractivity contribution in [2.24, 2.45) is 0 Å². The van der Waals surface area contributed by atoms with Gasteiger partial charge in [0.15, 0.2) is 11.5 Å². The molecule has 3 aromatic rings. The highest BCUT2D eigenvalue weighted by Crippen LogP contribution is 2.33. The molecule has 0 fully saturated rings. The van der Waals surface area contributed by atoms with Crippen LogP contribution in [-0.2, 0) is 13.1 Å².